The Balaban J connectivity index is 1.85. The smallest absolute Gasteiger partial charge is 0.124 e. The number of aromatic hydroxyl groups is 1. The van der Waals surface area contributed by atoms with Gasteiger partial charge in [0.1, 0.15) is 5.75 Å². The highest BCUT2D eigenvalue weighted by Gasteiger charge is 2.44. The van der Waals surface area contributed by atoms with Gasteiger partial charge in [-0.25, -0.2) is 0 Å². The number of phenolic OH excluding ortho intramolecular Hbond substituents is 1. The van der Waals surface area contributed by atoms with Gasteiger partial charge < -0.3 is 10.4 Å². The number of benzene rings is 1. The summed E-state index contributed by atoms with van der Waals surface area (Å²) in [5.74, 6) is 2.31. The minimum absolute atomic E-state index is 0.335. The van der Waals surface area contributed by atoms with Crippen LogP contribution in [0.2, 0.25) is 0 Å². The zero-order valence-corrected chi connectivity index (χ0v) is 14.4. The van der Waals surface area contributed by atoms with E-state index in [0.29, 0.717) is 29.5 Å². The number of hydrogen-bond acceptors (Lipinski definition) is 2. The standard InChI is InChI=1S/C21H29NO/c1-13-12-17(14-8-4-3-5-9-14)21(23)19-18(13)15-10-6-7-11-16(15)20(19)22-2/h4,8,12,14-16,20,22-23H,3,5-7,9-11H2,1-2H3. The molecule has 0 aromatic heterocycles. The molecular formula is C21H29NO. The van der Waals surface area contributed by atoms with Crippen molar-refractivity contribution in [1.29, 1.82) is 0 Å². The van der Waals surface area contributed by atoms with Crippen LogP contribution in [-0.2, 0) is 0 Å². The van der Waals surface area contributed by atoms with E-state index >= 15 is 0 Å². The van der Waals surface area contributed by atoms with Gasteiger partial charge in [0.2, 0.25) is 0 Å². The van der Waals surface area contributed by atoms with E-state index in [9.17, 15) is 5.11 Å². The lowest BCUT2D eigenvalue weighted by Gasteiger charge is -2.29. The number of hydrogen-bond donors (Lipinski definition) is 2. The lowest BCUT2D eigenvalue weighted by Crippen LogP contribution is -2.25. The molecule has 1 saturated carbocycles. The molecular weight excluding hydrogens is 282 g/mol. The van der Waals surface area contributed by atoms with Gasteiger partial charge in [0.15, 0.2) is 0 Å². The van der Waals surface area contributed by atoms with Crippen LogP contribution >= 0.6 is 0 Å². The normalized spacial score (nSPS) is 32.6. The van der Waals surface area contributed by atoms with E-state index in [-0.39, 0.29) is 0 Å². The van der Waals surface area contributed by atoms with E-state index in [2.05, 4.69) is 37.5 Å². The van der Waals surface area contributed by atoms with E-state index in [1.807, 2.05) is 0 Å². The molecule has 0 aliphatic heterocycles. The summed E-state index contributed by atoms with van der Waals surface area (Å²) in [4.78, 5) is 0. The van der Waals surface area contributed by atoms with Crippen LogP contribution in [0.1, 0.15) is 85.1 Å². The first-order valence-corrected chi connectivity index (χ1v) is 9.42. The Morgan fingerprint density at radius 2 is 1.91 bits per heavy atom. The summed E-state index contributed by atoms with van der Waals surface area (Å²) < 4.78 is 0. The van der Waals surface area contributed by atoms with Gasteiger partial charge in [-0.3, -0.25) is 0 Å². The Bertz CT molecular complexity index is 633. The Labute approximate surface area is 140 Å². The van der Waals surface area contributed by atoms with Crippen LogP contribution in [0, 0.1) is 12.8 Å². The zero-order chi connectivity index (χ0) is 16.0. The monoisotopic (exact) mass is 311 g/mol. The Hall–Kier alpha value is -1.28. The van der Waals surface area contributed by atoms with E-state index in [1.165, 1.54) is 61.6 Å². The first-order valence-electron chi connectivity index (χ1n) is 9.42. The van der Waals surface area contributed by atoms with Gasteiger partial charge in [-0.1, -0.05) is 31.1 Å². The average Bonchev–Trinajstić information content (AvgIpc) is 2.94. The highest BCUT2D eigenvalue weighted by molar-refractivity contribution is 5.57. The van der Waals surface area contributed by atoms with Crippen LogP contribution in [0.5, 0.6) is 5.75 Å². The molecule has 1 aromatic carbocycles. The number of fused-ring (bicyclic) bond motifs is 3. The Kier molecular flexibility index (Phi) is 3.96. The van der Waals surface area contributed by atoms with Gasteiger partial charge in [0.25, 0.3) is 0 Å². The third-order valence-corrected chi connectivity index (χ3v) is 6.51. The van der Waals surface area contributed by atoms with E-state index in [4.69, 9.17) is 0 Å². The van der Waals surface area contributed by atoms with Crippen LogP contribution in [0.15, 0.2) is 18.2 Å². The number of aryl methyl sites for hydroxylation is 1. The highest BCUT2D eigenvalue weighted by Crippen LogP contribution is 2.57. The van der Waals surface area contributed by atoms with Crippen molar-refractivity contribution in [3.8, 4) is 5.75 Å². The quantitative estimate of drug-likeness (QED) is 0.747. The Morgan fingerprint density at radius 1 is 1.09 bits per heavy atom. The minimum atomic E-state index is 0.335. The summed E-state index contributed by atoms with van der Waals surface area (Å²) >= 11 is 0. The van der Waals surface area contributed by atoms with Gasteiger partial charge >= 0.3 is 0 Å². The minimum Gasteiger partial charge on any atom is -0.507 e. The summed E-state index contributed by atoms with van der Waals surface area (Å²) in [6.45, 7) is 2.26. The van der Waals surface area contributed by atoms with Gasteiger partial charge in [0, 0.05) is 23.1 Å². The first-order chi connectivity index (χ1) is 11.2. The highest BCUT2D eigenvalue weighted by atomic mass is 16.3. The summed E-state index contributed by atoms with van der Waals surface area (Å²) in [5.41, 5.74) is 5.27. The first kappa shape index (κ1) is 15.3. The van der Waals surface area contributed by atoms with Crippen molar-refractivity contribution < 1.29 is 5.11 Å². The van der Waals surface area contributed by atoms with Gasteiger partial charge in [-0.2, -0.15) is 0 Å². The number of allylic oxidation sites excluding steroid dienone is 2. The molecule has 23 heavy (non-hydrogen) atoms. The summed E-state index contributed by atoms with van der Waals surface area (Å²) in [7, 11) is 2.06. The second-order valence-corrected chi connectivity index (χ2v) is 7.75. The number of rotatable bonds is 2. The van der Waals surface area contributed by atoms with Crippen molar-refractivity contribution in [2.45, 2.75) is 69.7 Å². The molecule has 0 bridgehead atoms. The van der Waals surface area contributed by atoms with Crippen LogP contribution in [0.4, 0.5) is 0 Å². The fourth-order valence-corrected chi connectivity index (χ4v) is 5.53. The molecule has 124 valence electrons. The van der Waals surface area contributed by atoms with Crippen LogP contribution in [0.3, 0.4) is 0 Å². The zero-order valence-electron chi connectivity index (χ0n) is 14.4. The molecule has 2 N–H and O–H groups in total. The lowest BCUT2D eigenvalue weighted by molar-refractivity contribution is 0.269. The molecule has 4 rings (SSSR count). The van der Waals surface area contributed by atoms with Crippen molar-refractivity contribution in [3.63, 3.8) is 0 Å². The predicted octanol–water partition coefficient (Wildman–Crippen LogP) is 5.07. The predicted molar refractivity (Wildman–Crippen MR) is 95.1 cm³/mol. The molecule has 2 nitrogen and oxygen atoms in total. The molecule has 4 unspecified atom stereocenters. The molecule has 3 aliphatic carbocycles. The topological polar surface area (TPSA) is 32.3 Å². The van der Waals surface area contributed by atoms with Gasteiger partial charge in [0.05, 0.1) is 0 Å². The van der Waals surface area contributed by atoms with E-state index in [0.717, 1.165) is 5.56 Å². The number of phenols is 1. The fraction of sp³-hybridized carbons (Fsp3) is 0.619. The molecule has 1 fully saturated rings. The summed E-state index contributed by atoms with van der Waals surface area (Å²) in [5, 5.41) is 14.7. The van der Waals surface area contributed by atoms with Gasteiger partial charge in [-0.05, 0) is 69.0 Å². The van der Waals surface area contributed by atoms with E-state index in [1.54, 1.807) is 0 Å². The Morgan fingerprint density at radius 3 is 2.65 bits per heavy atom. The molecule has 0 amide bonds. The van der Waals surface area contributed by atoms with Crippen molar-refractivity contribution in [3.05, 3.63) is 40.5 Å². The van der Waals surface area contributed by atoms with Gasteiger partial charge in [-0.15, -0.1) is 0 Å². The fourth-order valence-electron chi connectivity index (χ4n) is 5.53. The van der Waals surface area contributed by atoms with Crippen molar-refractivity contribution in [2.24, 2.45) is 5.92 Å². The maximum atomic E-state index is 11.2. The maximum absolute atomic E-state index is 11.2. The molecule has 2 heteroatoms. The third-order valence-electron chi connectivity index (χ3n) is 6.51. The van der Waals surface area contributed by atoms with Crippen LogP contribution in [0.25, 0.3) is 0 Å². The molecule has 1 aromatic rings. The largest absolute Gasteiger partial charge is 0.507 e. The second kappa shape index (κ2) is 5.98. The van der Waals surface area contributed by atoms with Crippen molar-refractivity contribution in [1.82, 2.24) is 5.32 Å². The molecule has 0 saturated heterocycles. The molecule has 0 heterocycles. The molecule has 4 atom stereocenters. The molecule has 3 aliphatic rings. The third kappa shape index (κ3) is 2.34. The van der Waals surface area contributed by atoms with Crippen molar-refractivity contribution in [2.75, 3.05) is 7.05 Å². The number of nitrogens with one attached hydrogen (secondary N) is 1. The summed E-state index contributed by atoms with van der Waals surface area (Å²) in [6.07, 6.45) is 13.4. The van der Waals surface area contributed by atoms with Crippen molar-refractivity contribution >= 4 is 0 Å². The second-order valence-electron chi connectivity index (χ2n) is 7.75. The average molecular weight is 311 g/mol. The molecule has 0 radical (unpaired) electrons. The lowest BCUT2D eigenvalue weighted by atomic mass is 9.77. The maximum Gasteiger partial charge on any atom is 0.124 e. The van der Waals surface area contributed by atoms with Crippen LogP contribution in [-0.4, -0.2) is 12.2 Å². The van der Waals surface area contributed by atoms with E-state index < -0.39 is 0 Å². The summed E-state index contributed by atoms with van der Waals surface area (Å²) in [6, 6.07) is 2.62. The SMILES string of the molecule is CNC1c2c(O)c(C3C=CCCC3)cc(C)c2C2CCCCC21. The van der Waals surface area contributed by atoms with Crippen LogP contribution < -0.4 is 5.32 Å². The molecule has 0 spiro atoms.